The molecular formula is C23H32IN5O2. The monoisotopic (exact) mass is 537 g/mol. The molecule has 1 amide bonds. The molecule has 1 aliphatic heterocycles. The molecule has 8 heteroatoms. The number of benzene rings is 2. The lowest BCUT2D eigenvalue weighted by atomic mass is 10.1. The van der Waals surface area contributed by atoms with Gasteiger partial charge in [0, 0.05) is 38.3 Å². The van der Waals surface area contributed by atoms with Crippen molar-refractivity contribution in [2.75, 3.05) is 44.7 Å². The number of ether oxygens (including phenoxy) is 1. The van der Waals surface area contributed by atoms with Crippen molar-refractivity contribution in [1.29, 1.82) is 0 Å². The van der Waals surface area contributed by atoms with Crippen molar-refractivity contribution < 1.29 is 9.53 Å². The highest BCUT2D eigenvalue weighted by Gasteiger charge is 2.12. The summed E-state index contributed by atoms with van der Waals surface area (Å²) in [6, 6.07) is 18.0. The van der Waals surface area contributed by atoms with E-state index in [2.05, 4.69) is 32.7 Å². The lowest BCUT2D eigenvalue weighted by molar-refractivity contribution is -0.116. The highest BCUT2D eigenvalue weighted by atomic mass is 127. The van der Waals surface area contributed by atoms with Gasteiger partial charge in [-0.1, -0.05) is 42.5 Å². The SMILES string of the molecule is I.NC(=NCc1cccc(NC(=O)CCN2CCOCC2)c1)NCCc1ccccc1. The van der Waals surface area contributed by atoms with E-state index >= 15 is 0 Å². The van der Waals surface area contributed by atoms with Crippen LogP contribution >= 0.6 is 24.0 Å². The molecule has 0 aromatic heterocycles. The zero-order chi connectivity index (χ0) is 21.0. The van der Waals surface area contributed by atoms with Crippen LogP contribution in [0.5, 0.6) is 0 Å². The van der Waals surface area contributed by atoms with Gasteiger partial charge in [-0.25, -0.2) is 4.99 Å². The Labute approximate surface area is 201 Å². The van der Waals surface area contributed by atoms with Crippen molar-refractivity contribution in [3.05, 3.63) is 65.7 Å². The third-order valence-electron chi connectivity index (χ3n) is 4.96. The minimum atomic E-state index is 0. The molecule has 0 aliphatic carbocycles. The summed E-state index contributed by atoms with van der Waals surface area (Å²) in [4.78, 5) is 18.9. The van der Waals surface area contributed by atoms with Crippen LogP contribution in [0.25, 0.3) is 0 Å². The number of carbonyl (C=O) groups is 1. The number of hydrogen-bond acceptors (Lipinski definition) is 4. The number of anilines is 1. The number of hydrogen-bond donors (Lipinski definition) is 3. The number of guanidine groups is 1. The van der Waals surface area contributed by atoms with Gasteiger partial charge in [-0.3, -0.25) is 9.69 Å². The van der Waals surface area contributed by atoms with Crippen LogP contribution in [0.4, 0.5) is 5.69 Å². The highest BCUT2D eigenvalue weighted by molar-refractivity contribution is 14.0. The minimum Gasteiger partial charge on any atom is -0.379 e. The van der Waals surface area contributed by atoms with Crippen LogP contribution in [0, 0.1) is 0 Å². The van der Waals surface area contributed by atoms with E-state index in [1.807, 2.05) is 42.5 Å². The van der Waals surface area contributed by atoms with Crippen molar-refractivity contribution in [3.63, 3.8) is 0 Å². The van der Waals surface area contributed by atoms with Crippen molar-refractivity contribution >= 4 is 41.5 Å². The summed E-state index contributed by atoms with van der Waals surface area (Å²) >= 11 is 0. The number of halogens is 1. The molecule has 7 nitrogen and oxygen atoms in total. The second kappa shape index (κ2) is 14.0. The highest BCUT2D eigenvalue weighted by Crippen LogP contribution is 2.12. The Bertz CT molecular complexity index is 826. The first-order valence-electron chi connectivity index (χ1n) is 10.5. The summed E-state index contributed by atoms with van der Waals surface area (Å²) in [6.45, 7) is 5.22. The average Bonchev–Trinajstić information content (AvgIpc) is 2.78. The molecule has 1 fully saturated rings. The molecular weight excluding hydrogens is 505 g/mol. The molecule has 3 rings (SSSR count). The Morgan fingerprint density at radius 2 is 1.81 bits per heavy atom. The first kappa shape index (κ1) is 25.1. The summed E-state index contributed by atoms with van der Waals surface area (Å²) in [7, 11) is 0. The van der Waals surface area contributed by atoms with Crippen LogP contribution in [0.1, 0.15) is 17.5 Å². The minimum absolute atomic E-state index is 0. The third-order valence-corrected chi connectivity index (χ3v) is 4.96. The van der Waals surface area contributed by atoms with E-state index in [-0.39, 0.29) is 29.9 Å². The fourth-order valence-corrected chi connectivity index (χ4v) is 3.27. The van der Waals surface area contributed by atoms with Gasteiger partial charge in [0.05, 0.1) is 19.8 Å². The van der Waals surface area contributed by atoms with Gasteiger partial charge in [0.1, 0.15) is 0 Å². The fraction of sp³-hybridized carbons (Fsp3) is 0.391. The van der Waals surface area contributed by atoms with Gasteiger partial charge in [-0.05, 0) is 29.7 Å². The summed E-state index contributed by atoms with van der Waals surface area (Å²) < 4.78 is 5.33. The molecule has 0 saturated carbocycles. The van der Waals surface area contributed by atoms with Crippen LogP contribution < -0.4 is 16.4 Å². The zero-order valence-electron chi connectivity index (χ0n) is 17.8. The summed E-state index contributed by atoms with van der Waals surface area (Å²) in [5.41, 5.74) is 9.01. The predicted molar refractivity (Wildman–Crippen MR) is 136 cm³/mol. The van der Waals surface area contributed by atoms with E-state index < -0.39 is 0 Å². The molecule has 1 saturated heterocycles. The maximum Gasteiger partial charge on any atom is 0.225 e. The number of carbonyl (C=O) groups excluding carboxylic acids is 1. The van der Waals surface area contributed by atoms with E-state index in [9.17, 15) is 4.79 Å². The Balaban J connectivity index is 0.00000341. The van der Waals surface area contributed by atoms with Crippen LogP contribution in [0.3, 0.4) is 0 Å². The van der Waals surface area contributed by atoms with Crippen LogP contribution in [-0.4, -0.2) is 56.2 Å². The smallest absolute Gasteiger partial charge is 0.225 e. The number of nitrogens with zero attached hydrogens (tertiary/aromatic N) is 2. The number of nitrogens with one attached hydrogen (secondary N) is 2. The lowest BCUT2D eigenvalue weighted by Crippen LogP contribution is -2.38. The maximum atomic E-state index is 12.2. The molecule has 1 heterocycles. The number of aliphatic imine (C=N–C) groups is 1. The first-order valence-corrected chi connectivity index (χ1v) is 10.5. The Hall–Kier alpha value is -2.17. The summed E-state index contributed by atoms with van der Waals surface area (Å²) in [5.74, 6) is 0.440. The fourth-order valence-electron chi connectivity index (χ4n) is 3.27. The Kier molecular flexibility index (Phi) is 11.3. The Morgan fingerprint density at radius 3 is 2.58 bits per heavy atom. The third kappa shape index (κ3) is 9.67. The normalized spacial score (nSPS) is 14.5. The molecule has 2 aromatic rings. The molecule has 31 heavy (non-hydrogen) atoms. The van der Waals surface area contributed by atoms with E-state index in [0.717, 1.165) is 57.1 Å². The lowest BCUT2D eigenvalue weighted by Gasteiger charge is -2.26. The largest absolute Gasteiger partial charge is 0.379 e. The van der Waals surface area contributed by atoms with Crippen molar-refractivity contribution in [2.24, 2.45) is 10.7 Å². The molecule has 0 spiro atoms. The standard InChI is InChI=1S/C23H31N5O2.HI/c24-23(25-11-9-19-5-2-1-3-6-19)26-18-20-7-4-8-21(17-20)27-22(29)10-12-28-13-15-30-16-14-28;/h1-8,17H,9-16,18H2,(H,27,29)(H3,24,25,26);1H. The first-order chi connectivity index (χ1) is 14.7. The van der Waals surface area contributed by atoms with Gasteiger partial charge in [0.15, 0.2) is 5.96 Å². The average molecular weight is 537 g/mol. The van der Waals surface area contributed by atoms with Gasteiger partial charge in [0.2, 0.25) is 5.91 Å². The van der Waals surface area contributed by atoms with E-state index in [4.69, 9.17) is 10.5 Å². The molecule has 1 aliphatic rings. The Morgan fingerprint density at radius 1 is 1.06 bits per heavy atom. The predicted octanol–water partition coefficient (Wildman–Crippen LogP) is 2.61. The number of rotatable bonds is 9. The van der Waals surface area contributed by atoms with E-state index in [0.29, 0.717) is 18.9 Å². The number of amides is 1. The van der Waals surface area contributed by atoms with Gasteiger partial charge >= 0.3 is 0 Å². The van der Waals surface area contributed by atoms with Gasteiger partial charge in [-0.15, -0.1) is 24.0 Å². The van der Waals surface area contributed by atoms with Gasteiger partial charge in [-0.2, -0.15) is 0 Å². The van der Waals surface area contributed by atoms with Gasteiger partial charge < -0.3 is 21.1 Å². The molecule has 0 radical (unpaired) electrons. The molecule has 0 unspecified atom stereocenters. The second-order valence-electron chi connectivity index (χ2n) is 7.32. The molecule has 2 aromatic carbocycles. The topological polar surface area (TPSA) is 92.0 Å². The van der Waals surface area contributed by atoms with E-state index in [1.165, 1.54) is 5.56 Å². The van der Waals surface area contributed by atoms with Crippen molar-refractivity contribution in [2.45, 2.75) is 19.4 Å². The van der Waals surface area contributed by atoms with Crippen LogP contribution in [-0.2, 0) is 22.5 Å². The number of morpholine rings is 1. The van der Waals surface area contributed by atoms with Gasteiger partial charge in [0.25, 0.3) is 0 Å². The number of nitrogens with two attached hydrogens (primary N) is 1. The zero-order valence-corrected chi connectivity index (χ0v) is 20.1. The molecule has 0 atom stereocenters. The summed E-state index contributed by atoms with van der Waals surface area (Å²) in [5, 5.41) is 6.11. The van der Waals surface area contributed by atoms with Crippen molar-refractivity contribution in [1.82, 2.24) is 10.2 Å². The molecule has 0 bridgehead atoms. The second-order valence-corrected chi connectivity index (χ2v) is 7.32. The van der Waals surface area contributed by atoms with E-state index in [1.54, 1.807) is 0 Å². The molecule has 4 N–H and O–H groups in total. The maximum absolute atomic E-state index is 12.2. The summed E-state index contributed by atoms with van der Waals surface area (Å²) in [6.07, 6.45) is 1.36. The van der Waals surface area contributed by atoms with Crippen LogP contribution in [0.2, 0.25) is 0 Å². The van der Waals surface area contributed by atoms with Crippen LogP contribution in [0.15, 0.2) is 59.6 Å². The molecule has 168 valence electrons. The van der Waals surface area contributed by atoms with Crippen molar-refractivity contribution in [3.8, 4) is 0 Å². The quantitative estimate of drug-likeness (QED) is 0.260.